The maximum Gasteiger partial charge on any atom is 0.317 e. The number of aliphatic hydroxyl groups is 2. The highest BCUT2D eigenvalue weighted by molar-refractivity contribution is 7.21. The SMILES string of the molecule is CC1=CCCC2(C)C(CCC2(O)CN(CC2CCCO2)C(=O)NC(C)C)c2ccc(cc2C(=O)c2cc3ccccc3s2)CC(O)CC1. The van der Waals surface area contributed by atoms with Gasteiger partial charge in [0.15, 0.2) is 0 Å². The number of nitrogens with one attached hydrogen (secondary N) is 1. The van der Waals surface area contributed by atoms with Crippen molar-refractivity contribution in [1.82, 2.24) is 10.2 Å². The van der Waals surface area contributed by atoms with E-state index < -0.39 is 17.1 Å². The summed E-state index contributed by atoms with van der Waals surface area (Å²) >= 11 is 1.51. The Labute approximate surface area is 289 Å². The molecular formula is C40H52N2O5S. The van der Waals surface area contributed by atoms with Crippen LogP contribution in [-0.4, -0.2) is 70.5 Å². The number of allylic oxidation sites excluding steroid dienone is 2. The number of aliphatic hydroxyl groups excluding tert-OH is 1. The molecule has 2 bridgehead atoms. The minimum atomic E-state index is -1.18. The molecule has 0 radical (unpaired) electrons. The van der Waals surface area contributed by atoms with Crippen LogP contribution in [-0.2, 0) is 11.2 Å². The number of thiophene rings is 1. The van der Waals surface area contributed by atoms with Gasteiger partial charge < -0.3 is 25.2 Å². The molecule has 2 fully saturated rings. The molecule has 258 valence electrons. The smallest absolute Gasteiger partial charge is 0.317 e. The van der Waals surface area contributed by atoms with Crippen LogP contribution in [0.1, 0.15) is 111 Å². The molecule has 3 aliphatic carbocycles. The molecule has 3 aromatic rings. The minimum absolute atomic E-state index is 0.0144. The van der Waals surface area contributed by atoms with Gasteiger partial charge in [-0.25, -0.2) is 4.79 Å². The van der Waals surface area contributed by atoms with E-state index in [2.05, 4.69) is 37.4 Å². The Balaban J connectivity index is 1.42. The summed E-state index contributed by atoms with van der Waals surface area (Å²) in [7, 11) is 0. The van der Waals surface area contributed by atoms with E-state index in [1.165, 1.54) is 16.9 Å². The number of hydrogen-bond acceptors (Lipinski definition) is 6. The first kappa shape index (κ1) is 34.8. The van der Waals surface area contributed by atoms with Crippen LogP contribution >= 0.6 is 11.3 Å². The predicted octanol–water partition coefficient (Wildman–Crippen LogP) is 7.77. The summed E-state index contributed by atoms with van der Waals surface area (Å²) in [5.74, 6) is -0.122. The van der Waals surface area contributed by atoms with Gasteiger partial charge in [-0.15, -0.1) is 11.3 Å². The van der Waals surface area contributed by atoms with Gasteiger partial charge in [-0.2, -0.15) is 0 Å². The first-order valence-corrected chi connectivity index (χ1v) is 18.7. The van der Waals surface area contributed by atoms with E-state index in [4.69, 9.17) is 4.74 Å². The maximum absolute atomic E-state index is 14.5. The second-order valence-electron chi connectivity index (χ2n) is 15.0. The second-order valence-corrected chi connectivity index (χ2v) is 16.1. The number of carbonyl (C=O) groups excluding carboxylic acids is 2. The number of carbonyl (C=O) groups is 2. The summed E-state index contributed by atoms with van der Waals surface area (Å²) in [6.45, 7) is 9.54. The summed E-state index contributed by atoms with van der Waals surface area (Å²) in [4.78, 5) is 30.6. The summed E-state index contributed by atoms with van der Waals surface area (Å²) in [6.07, 6.45) is 8.19. The lowest BCUT2D eigenvalue weighted by atomic mass is 9.64. The van der Waals surface area contributed by atoms with E-state index in [-0.39, 0.29) is 36.4 Å². The maximum atomic E-state index is 14.5. The Kier molecular flexibility index (Phi) is 10.5. The van der Waals surface area contributed by atoms with E-state index in [9.17, 15) is 19.8 Å². The number of hydrogen-bond donors (Lipinski definition) is 3. The summed E-state index contributed by atoms with van der Waals surface area (Å²) in [5, 5.41) is 28.0. The van der Waals surface area contributed by atoms with E-state index in [1.54, 1.807) is 4.90 Å². The molecule has 7 nitrogen and oxygen atoms in total. The Morgan fingerprint density at radius 1 is 1.10 bits per heavy atom. The van der Waals surface area contributed by atoms with Crippen molar-refractivity contribution in [2.75, 3.05) is 19.7 Å². The lowest BCUT2D eigenvalue weighted by Gasteiger charge is -2.46. The molecule has 1 aromatic heterocycles. The van der Waals surface area contributed by atoms with Gasteiger partial charge in [0.1, 0.15) is 0 Å². The zero-order chi connectivity index (χ0) is 34.1. The molecule has 2 amide bonds. The average molecular weight is 673 g/mol. The van der Waals surface area contributed by atoms with Crippen LogP contribution in [0.2, 0.25) is 0 Å². The van der Waals surface area contributed by atoms with Crippen LogP contribution in [0, 0.1) is 5.41 Å². The van der Waals surface area contributed by atoms with E-state index in [1.807, 2.05) is 50.2 Å². The highest BCUT2D eigenvalue weighted by Crippen LogP contribution is 2.59. The largest absolute Gasteiger partial charge is 0.393 e. The molecule has 2 heterocycles. The van der Waals surface area contributed by atoms with Gasteiger partial charge in [-0.3, -0.25) is 4.79 Å². The highest BCUT2D eigenvalue weighted by Gasteiger charge is 2.58. The molecule has 8 heteroatoms. The molecule has 2 aromatic carbocycles. The third-order valence-electron chi connectivity index (χ3n) is 11.2. The molecule has 4 aliphatic rings. The minimum Gasteiger partial charge on any atom is -0.393 e. The van der Waals surface area contributed by atoms with E-state index in [0.29, 0.717) is 55.7 Å². The summed E-state index contributed by atoms with van der Waals surface area (Å²) in [5.41, 5.74) is 1.97. The molecule has 0 spiro atoms. The van der Waals surface area contributed by atoms with Crippen molar-refractivity contribution in [3.05, 3.63) is 81.7 Å². The number of nitrogens with zero attached hydrogens (tertiary/aromatic N) is 1. The van der Waals surface area contributed by atoms with Crippen molar-refractivity contribution in [1.29, 1.82) is 0 Å². The van der Waals surface area contributed by atoms with Crippen LogP contribution in [0.5, 0.6) is 0 Å². The molecule has 7 rings (SSSR count). The normalized spacial score (nSPS) is 27.9. The lowest BCUT2D eigenvalue weighted by molar-refractivity contribution is -0.0808. The lowest BCUT2D eigenvalue weighted by Crippen LogP contribution is -2.57. The summed E-state index contributed by atoms with van der Waals surface area (Å²) in [6, 6.07) is 16.0. The van der Waals surface area contributed by atoms with Crippen molar-refractivity contribution >= 4 is 33.2 Å². The second kappa shape index (κ2) is 14.4. The van der Waals surface area contributed by atoms with E-state index in [0.717, 1.165) is 46.9 Å². The van der Waals surface area contributed by atoms with E-state index >= 15 is 0 Å². The zero-order valence-electron chi connectivity index (χ0n) is 29.0. The molecule has 3 N–H and O–H groups in total. The fourth-order valence-electron chi connectivity index (χ4n) is 8.33. The van der Waals surface area contributed by atoms with Crippen LogP contribution in [0.25, 0.3) is 10.1 Å². The number of fused-ring (bicyclic) bond motifs is 9. The fraction of sp³-hybridized carbons (Fsp3) is 0.550. The molecule has 5 atom stereocenters. The average Bonchev–Trinajstić information content (AvgIpc) is 3.78. The standard InChI is InChI=1S/C40H52N2O5S/c1-26(2)41-38(45)42(24-31-11-8-20-47-31)25-40(46)19-17-34-32-16-14-28(21-30(43)15-13-27(3)9-7-18-39(34,40)4)22-33(32)37(44)36-23-29-10-5-6-12-35(29)48-36/h5-6,9-10,12,14,16,22-23,26,30-31,34,43,46H,7-8,11,13,15,17-21,24-25H2,1-4H3,(H,41,45). The van der Waals surface area contributed by atoms with Crippen LogP contribution in [0.3, 0.4) is 0 Å². The Morgan fingerprint density at radius 3 is 2.67 bits per heavy atom. The first-order chi connectivity index (χ1) is 23.0. The number of amides is 2. The van der Waals surface area contributed by atoms with Gasteiger partial charge in [0.05, 0.1) is 29.2 Å². The van der Waals surface area contributed by atoms with Crippen molar-refractivity contribution in [3.63, 3.8) is 0 Å². The molecule has 1 aliphatic heterocycles. The van der Waals surface area contributed by atoms with Crippen LogP contribution in [0.15, 0.2) is 60.2 Å². The highest BCUT2D eigenvalue weighted by atomic mass is 32.1. The molecule has 48 heavy (non-hydrogen) atoms. The zero-order valence-corrected chi connectivity index (χ0v) is 29.8. The number of urea groups is 1. The molecular weight excluding hydrogens is 621 g/mol. The Hall–Kier alpha value is -3.04. The number of ether oxygens (including phenoxy) is 1. The van der Waals surface area contributed by atoms with Crippen molar-refractivity contribution in [3.8, 4) is 0 Å². The first-order valence-electron chi connectivity index (χ1n) is 17.8. The van der Waals surface area contributed by atoms with Crippen molar-refractivity contribution in [2.45, 2.75) is 115 Å². The molecule has 1 saturated carbocycles. The van der Waals surface area contributed by atoms with Crippen LogP contribution in [0.4, 0.5) is 4.79 Å². The van der Waals surface area contributed by atoms with Gasteiger partial charge in [0.25, 0.3) is 0 Å². The van der Waals surface area contributed by atoms with Crippen molar-refractivity contribution in [2.24, 2.45) is 5.41 Å². The molecule has 1 saturated heterocycles. The van der Waals surface area contributed by atoms with Crippen LogP contribution < -0.4 is 5.32 Å². The fourth-order valence-corrected chi connectivity index (χ4v) is 9.35. The molecule has 5 unspecified atom stereocenters. The number of ketones is 1. The van der Waals surface area contributed by atoms with Gasteiger partial charge in [-0.05, 0) is 119 Å². The van der Waals surface area contributed by atoms with Gasteiger partial charge in [0, 0.05) is 34.9 Å². The quantitative estimate of drug-likeness (QED) is 0.176. The predicted molar refractivity (Wildman–Crippen MR) is 193 cm³/mol. The third-order valence-corrected chi connectivity index (χ3v) is 12.3. The number of rotatable bonds is 7. The van der Waals surface area contributed by atoms with Crippen molar-refractivity contribution < 1.29 is 24.5 Å². The topological polar surface area (TPSA) is 99.1 Å². The van der Waals surface area contributed by atoms with Gasteiger partial charge >= 0.3 is 6.03 Å². The Morgan fingerprint density at radius 2 is 1.92 bits per heavy atom. The Bertz CT molecular complexity index is 1620. The van der Waals surface area contributed by atoms with Gasteiger partial charge in [-0.1, -0.05) is 48.9 Å². The van der Waals surface area contributed by atoms with Gasteiger partial charge in [0.2, 0.25) is 5.78 Å². The third kappa shape index (κ3) is 7.28. The summed E-state index contributed by atoms with van der Waals surface area (Å²) < 4.78 is 7.03. The number of benzene rings is 2. The monoisotopic (exact) mass is 672 g/mol.